The number of rotatable bonds is 6. The van der Waals surface area contributed by atoms with Crippen molar-refractivity contribution in [3.8, 4) is 0 Å². The van der Waals surface area contributed by atoms with E-state index in [0.717, 1.165) is 6.26 Å². The molecule has 0 aliphatic rings. The van der Waals surface area contributed by atoms with Gasteiger partial charge in [0.15, 0.2) is 9.84 Å². The summed E-state index contributed by atoms with van der Waals surface area (Å²) in [7, 11) is -3.49. The maximum Gasteiger partial charge on any atom is 0.175 e. The van der Waals surface area contributed by atoms with Crippen LogP contribution in [0, 0.1) is 0 Å². The summed E-state index contributed by atoms with van der Waals surface area (Å²) in [6.45, 7) is 0.0236. The van der Waals surface area contributed by atoms with E-state index in [-0.39, 0.29) is 23.4 Å². The summed E-state index contributed by atoms with van der Waals surface area (Å²) in [6, 6.07) is 5.93. The van der Waals surface area contributed by atoms with Crippen LogP contribution in [0.1, 0.15) is 18.1 Å². The fraction of sp³-hybridized carbons (Fsp3) is 0.455. The molecule has 1 aromatic carbocycles. The predicted octanol–water partition coefficient (Wildman–Crippen LogP) is 1.18. The van der Waals surface area contributed by atoms with Gasteiger partial charge in [0, 0.05) is 23.3 Å². The molecular formula is C11H15N3O4S. The van der Waals surface area contributed by atoms with Crippen molar-refractivity contribution in [2.45, 2.75) is 23.5 Å². The first-order chi connectivity index (χ1) is 8.88. The number of hydrogen-bond donors (Lipinski definition) is 2. The summed E-state index contributed by atoms with van der Waals surface area (Å²) in [6.07, 6.45) is -1.47. The van der Waals surface area contributed by atoms with E-state index >= 15 is 0 Å². The molecule has 0 radical (unpaired) electrons. The molecule has 104 valence electrons. The summed E-state index contributed by atoms with van der Waals surface area (Å²) in [4.78, 5) is 2.51. The molecule has 0 aromatic heterocycles. The van der Waals surface area contributed by atoms with E-state index in [9.17, 15) is 18.6 Å². The molecule has 0 amide bonds. The Bertz CT molecular complexity index is 581. The van der Waals surface area contributed by atoms with Crippen LogP contribution in [0.15, 0.2) is 34.3 Å². The lowest BCUT2D eigenvalue weighted by Crippen LogP contribution is -2.21. The second-order valence-corrected chi connectivity index (χ2v) is 6.05. The first-order valence-corrected chi connectivity index (χ1v) is 7.43. The SMILES string of the molecule is CS(=O)(=O)c1ccccc1C(O)C(O)CCN=[N+]=[N-]. The van der Waals surface area contributed by atoms with E-state index in [1.807, 2.05) is 0 Å². The van der Waals surface area contributed by atoms with Crippen molar-refractivity contribution in [1.29, 1.82) is 0 Å². The van der Waals surface area contributed by atoms with Gasteiger partial charge >= 0.3 is 0 Å². The van der Waals surface area contributed by atoms with Crippen molar-refractivity contribution in [1.82, 2.24) is 0 Å². The Kier molecular flexibility index (Phi) is 5.31. The molecule has 0 heterocycles. The van der Waals surface area contributed by atoms with E-state index in [1.165, 1.54) is 12.1 Å². The van der Waals surface area contributed by atoms with Gasteiger partial charge < -0.3 is 10.2 Å². The van der Waals surface area contributed by atoms with E-state index in [1.54, 1.807) is 12.1 Å². The van der Waals surface area contributed by atoms with Gasteiger partial charge in [-0.15, -0.1) is 0 Å². The fourth-order valence-electron chi connectivity index (χ4n) is 1.66. The largest absolute Gasteiger partial charge is 0.390 e. The number of benzene rings is 1. The average molecular weight is 285 g/mol. The minimum Gasteiger partial charge on any atom is -0.390 e. The molecule has 0 bridgehead atoms. The smallest absolute Gasteiger partial charge is 0.175 e. The molecule has 2 atom stereocenters. The third-order valence-electron chi connectivity index (χ3n) is 2.59. The second kappa shape index (κ2) is 6.53. The minimum atomic E-state index is -3.49. The summed E-state index contributed by atoms with van der Waals surface area (Å²) in [5.41, 5.74) is 8.26. The molecule has 0 fully saturated rings. The highest BCUT2D eigenvalue weighted by atomic mass is 32.2. The van der Waals surface area contributed by atoms with Crippen LogP contribution in [-0.4, -0.2) is 37.5 Å². The lowest BCUT2D eigenvalue weighted by molar-refractivity contribution is 0.0134. The number of azide groups is 1. The Hall–Kier alpha value is -1.60. The lowest BCUT2D eigenvalue weighted by atomic mass is 10.0. The zero-order valence-electron chi connectivity index (χ0n) is 10.3. The highest BCUT2D eigenvalue weighted by Crippen LogP contribution is 2.25. The molecule has 2 N–H and O–H groups in total. The van der Waals surface area contributed by atoms with E-state index in [4.69, 9.17) is 5.53 Å². The van der Waals surface area contributed by atoms with Crippen molar-refractivity contribution in [3.63, 3.8) is 0 Å². The van der Waals surface area contributed by atoms with Crippen LogP contribution in [0.2, 0.25) is 0 Å². The predicted molar refractivity (Wildman–Crippen MR) is 69.1 cm³/mol. The van der Waals surface area contributed by atoms with E-state index < -0.39 is 22.0 Å². The maximum absolute atomic E-state index is 11.6. The second-order valence-electron chi connectivity index (χ2n) is 4.07. The first-order valence-electron chi connectivity index (χ1n) is 5.54. The van der Waals surface area contributed by atoms with Crippen molar-refractivity contribution >= 4 is 9.84 Å². The molecule has 8 heteroatoms. The van der Waals surface area contributed by atoms with Crippen molar-refractivity contribution in [2.75, 3.05) is 12.8 Å². The van der Waals surface area contributed by atoms with Crippen molar-refractivity contribution < 1.29 is 18.6 Å². The molecular weight excluding hydrogens is 270 g/mol. The monoisotopic (exact) mass is 285 g/mol. The summed E-state index contributed by atoms with van der Waals surface area (Å²) in [5, 5.41) is 23.0. The lowest BCUT2D eigenvalue weighted by Gasteiger charge is -2.19. The first kappa shape index (κ1) is 15.5. The fourth-order valence-corrected chi connectivity index (χ4v) is 2.61. The highest BCUT2D eigenvalue weighted by molar-refractivity contribution is 7.90. The Labute approximate surface area is 111 Å². The highest BCUT2D eigenvalue weighted by Gasteiger charge is 2.23. The standard InChI is InChI=1S/C11H15N3O4S/c1-19(17,18)10-5-3-2-4-8(10)11(16)9(15)6-7-13-14-12/h2-5,9,11,15-16H,6-7H2,1H3. The number of aliphatic hydroxyl groups is 2. The molecule has 19 heavy (non-hydrogen) atoms. The van der Waals surface area contributed by atoms with Gasteiger partial charge in [0.2, 0.25) is 0 Å². The average Bonchev–Trinajstić information content (AvgIpc) is 2.37. The van der Waals surface area contributed by atoms with Crippen LogP contribution in [0.3, 0.4) is 0 Å². The molecule has 0 saturated carbocycles. The molecule has 7 nitrogen and oxygen atoms in total. The molecule has 0 spiro atoms. The Balaban J connectivity index is 2.99. The van der Waals surface area contributed by atoms with Crippen LogP contribution in [0.5, 0.6) is 0 Å². The van der Waals surface area contributed by atoms with Crippen LogP contribution >= 0.6 is 0 Å². The van der Waals surface area contributed by atoms with Crippen LogP contribution < -0.4 is 0 Å². The van der Waals surface area contributed by atoms with E-state index in [2.05, 4.69) is 10.0 Å². The van der Waals surface area contributed by atoms with Gasteiger partial charge in [-0.05, 0) is 18.0 Å². The van der Waals surface area contributed by atoms with Gasteiger partial charge in [0.1, 0.15) is 6.10 Å². The van der Waals surface area contributed by atoms with Crippen molar-refractivity contribution in [3.05, 3.63) is 40.3 Å². The van der Waals surface area contributed by atoms with Gasteiger partial charge in [-0.1, -0.05) is 23.3 Å². The Morgan fingerprint density at radius 3 is 2.58 bits per heavy atom. The topological polar surface area (TPSA) is 123 Å². The molecule has 0 saturated heterocycles. The zero-order chi connectivity index (χ0) is 14.5. The van der Waals surface area contributed by atoms with Gasteiger partial charge in [-0.3, -0.25) is 0 Å². The Morgan fingerprint density at radius 2 is 2.00 bits per heavy atom. The molecule has 0 aliphatic carbocycles. The van der Waals surface area contributed by atoms with E-state index in [0.29, 0.717) is 0 Å². The van der Waals surface area contributed by atoms with Crippen LogP contribution in [-0.2, 0) is 9.84 Å². The molecule has 1 rings (SSSR count). The summed E-state index contributed by atoms with van der Waals surface area (Å²) in [5.74, 6) is 0. The minimum absolute atomic E-state index is 0.0228. The summed E-state index contributed by atoms with van der Waals surface area (Å²) < 4.78 is 23.2. The maximum atomic E-state index is 11.6. The van der Waals surface area contributed by atoms with Crippen LogP contribution in [0.4, 0.5) is 0 Å². The number of sulfone groups is 1. The third kappa shape index (κ3) is 4.22. The normalized spacial score (nSPS) is 14.5. The van der Waals surface area contributed by atoms with Gasteiger partial charge in [0.05, 0.1) is 11.0 Å². The number of nitrogens with zero attached hydrogens (tertiary/aromatic N) is 3. The third-order valence-corrected chi connectivity index (χ3v) is 3.76. The molecule has 2 unspecified atom stereocenters. The number of aliphatic hydroxyl groups excluding tert-OH is 2. The van der Waals surface area contributed by atoms with Gasteiger partial charge in [0.25, 0.3) is 0 Å². The Morgan fingerprint density at radius 1 is 1.37 bits per heavy atom. The van der Waals surface area contributed by atoms with Crippen LogP contribution in [0.25, 0.3) is 10.4 Å². The molecule has 1 aromatic rings. The van der Waals surface area contributed by atoms with Gasteiger partial charge in [-0.2, -0.15) is 0 Å². The zero-order valence-corrected chi connectivity index (χ0v) is 11.2. The summed E-state index contributed by atoms with van der Waals surface area (Å²) >= 11 is 0. The van der Waals surface area contributed by atoms with Gasteiger partial charge in [-0.25, -0.2) is 8.42 Å². The molecule has 0 aliphatic heterocycles. The quantitative estimate of drug-likeness (QED) is 0.462. The van der Waals surface area contributed by atoms with Crippen molar-refractivity contribution in [2.24, 2.45) is 5.11 Å². The number of hydrogen-bond acceptors (Lipinski definition) is 5.